The molecule has 0 saturated carbocycles. The number of hydrogen-bond acceptors (Lipinski definition) is 3. The lowest BCUT2D eigenvalue weighted by Gasteiger charge is -2.15. The molecule has 114 valence electrons. The molecule has 0 spiro atoms. The number of benzene rings is 1. The lowest BCUT2D eigenvalue weighted by molar-refractivity contribution is -0.129. The largest absolute Gasteiger partial charge is 0.343 e. The number of fused-ring (bicyclic) bond motifs is 1. The highest BCUT2D eigenvalue weighted by molar-refractivity contribution is 5.96. The average molecular weight is 310 g/mol. The number of rotatable bonds is 3. The summed E-state index contributed by atoms with van der Waals surface area (Å²) in [5.74, 6) is -0.161. The summed E-state index contributed by atoms with van der Waals surface area (Å²) >= 11 is 0. The van der Waals surface area contributed by atoms with E-state index >= 15 is 0 Å². The molecule has 3 rings (SSSR count). The normalized spacial score (nSPS) is 16.3. The van der Waals surface area contributed by atoms with E-state index in [1.54, 1.807) is 0 Å². The number of likely N-dealkylation sites (tertiary alicyclic amines) is 1. The average Bonchev–Trinajstić information content (AvgIpc) is 3.13. The third-order valence-electron chi connectivity index (χ3n) is 3.96. The molecular weight excluding hydrogens is 290 g/mol. The number of nitrogens with one attached hydrogen (secondary N) is 2. The quantitative estimate of drug-likeness (QED) is 0.878. The summed E-state index contributed by atoms with van der Waals surface area (Å²) in [7, 11) is 0. The van der Waals surface area contributed by atoms with Gasteiger partial charge in [-0.3, -0.25) is 9.59 Å². The van der Waals surface area contributed by atoms with Crippen LogP contribution in [0.1, 0.15) is 34.3 Å². The molecular formula is C15H20ClN3O2. The first-order valence-corrected chi connectivity index (χ1v) is 7.12. The number of hydrogen-bond donors (Lipinski definition) is 2. The summed E-state index contributed by atoms with van der Waals surface area (Å²) in [6, 6.07) is 5.71. The molecule has 2 N–H and O–H groups in total. The maximum absolute atomic E-state index is 12.1. The second kappa shape index (κ2) is 6.91. The number of halogens is 1. The molecule has 0 aliphatic carbocycles. The van der Waals surface area contributed by atoms with Crippen LogP contribution in [-0.4, -0.2) is 36.3 Å². The molecule has 2 heterocycles. The van der Waals surface area contributed by atoms with Gasteiger partial charge in [-0.1, -0.05) is 6.07 Å². The van der Waals surface area contributed by atoms with Crippen molar-refractivity contribution >= 4 is 24.2 Å². The number of nitrogens with zero attached hydrogens (tertiary/aromatic N) is 1. The summed E-state index contributed by atoms with van der Waals surface area (Å²) in [4.78, 5) is 25.7. The van der Waals surface area contributed by atoms with Crippen molar-refractivity contribution in [2.45, 2.75) is 25.9 Å². The molecule has 2 amide bonds. The summed E-state index contributed by atoms with van der Waals surface area (Å²) in [5.41, 5.74) is 3.04. The monoisotopic (exact) mass is 309 g/mol. The van der Waals surface area contributed by atoms with E-state index in [0.717, 1.165) is 39.0 Å². The second-order valence-corrected chi connectivity index (χ2v) is 5.36. The SMILES string of the molecule is Cl.O=C(NCC(=O)N1CCCC1)c1ccc2c(c1)CNC2. The first-order chi connectivity index (χ1) is 9.74. The highest BCUT2D eigenvalue weighted by Crippen LogP contribution is 2.17. The minimum absolute atomic E-state index is 0. The fourth-order valence-corrected chi connectivity index (χ4v) is 2.77. The van der Waals surface area contributed by atoms with Crippen LogP contribution in [0.2, 0.25) is 0 Å². The zero-order valence-electron chi connectivity index (χ0n) is 11.9. The van der Waals surface area contributed by atoms with Crippen LogP contribution in [0.5, 0.6) is 0 Å². The van der Waals surface area contributed by atoms with Gasteiger partial charge in [-0.25, -0.2) is 0 Å². The van der Waals surface area contributed by atoms with Gasteiger partial charge in [0.05, 0.1) is 6.54 Å². The van der Waals surface area contributed by atoms with Crippen LogP contribution in [0.3, 0.4) is 0 Å². The molecule has 0 atom stereocenters. The predicted octanol–water partition coefficient (Wildman–Crippen LogP) is 1.06. The summed E-state index contributed by atoms with van der Waals surface area (Å²) < 4.78 is 0. The van der Waals surface area contributed by atoms with E-state index in [2.05, 4.69) is 10.6 Å². The second-order valence-electron chi connectivity index (χ2n) is 5.36. The number of amides is 2. The van der Waals surface area contributed by atoms with Gasteiger partial charge in [0.1, 0.15) is 0 Å². The van der Waals surface area contributed by atoms with Gasteiger partial charge in [0, 0.05) is 31.7 Å². The van der Waals surface area contributed by atoms with Crippen molar-refractivity contribution in [1.82, 2.24) is 15.5 Å². The van der Waals surface area contributed by atoms with Gasteiger partial charge in [-0.2, -0.15) is 0 Å². The van der Waals surface area contributed by atoms with Crippen LogP contribution < -0.4 is 10.6 Å². The highest BCUT2D eigenvalue weighted by atomic mass is 35.5. The predicted molar refractivity (Wildman–Crippen MR) is 82.4 cm³/mol. The molecule has 1 aromatic rings. The fourth-order valence-electron chi connectivity index (χ4n) is 2.77. The van der Waals surface area contributed by atoms with E-state index in [-0.39, 0.29) is 30.8 Å². The van der Waals surface area contributed by atoms with Crippen molar-refractivity contribution in [2.24, 2.45) is 0 Å². The minimum Gasteiger partial charge on any atom is -0.343 e. The van der Waals surface area contributed by atoms with Gasteiger partial charge in [0.2, 0.25) is 5.91 Å². The van der Waals surface area contributed by atoms with Gasteiger partial charge >= 0.3 is 0 Å². The van der Waals surface area contributed by atoms with E-state index < -0.39 is 0 Å². The standard InChI is InChI=1S/C15H19N3O2.ClH/c19-14(18-5-1-2-6-18)10-17-15(20)11-3-4-12-8-16-9-13(12)7-11;/h3-4,7,16H,1-2,5-6,8-10H2,(H,17,20);1H. The zero-order valence-corrected chi connectivity index (χ0v) is 12.7. The van der Waals surface area contributed by atoms with Crippen molar-refractivity contribution in [1.29, 1.82) is 0 Å². The van der Waals surface area contributed by atoms with Crippen molar-refractivity contribution in [2.75, 3.05) is 19.6 Å². The summed E-state index contributed by atoms with van der Waals surface area (Å²) in [6.45, 7) is 3.40. The molecule has 0 radical (unpaired) electrons. The Morgan fingerprint density at radius 1 is 1.14 bits per heavy atom. The third kappa shape index (κ3) is 3.54. The maximum atomic E-state index is 12.1. The molecule has 1 saturated heterocycles. The topological polar surface area (TPSA) is 61.4 Å². The van der Waals surface area contributed by atoms with Gasteiger partial charge < -0.3 is 15.5 Å². The van der Waals surface area contributed by atoms with E-state index in [9.17, 15) is 9.59 Å². The molecule has 2 aliphatic rings. The van der Waals surface area contributed by atoms with Crippen LogP contribution in [0.15, 0.2) is 18.2 Å². The Morgan fingerprint density at radius 3 is 2.62 bits per heavy atom. The Bertz CT molecular complexity index is 542. The fraction of sp³-hybridized carbons (Fsp3) is 0.467. The van der Waals surface area contributed by atoms with Gasteiger partial charge in [0.25, 0.3) is 5.91 Å². The van der Waals surface area contributed by atoms with E-state index in [1.165, 1.54) is 11.1 Å². The summed E-state index contributed by atoms with van der Waals surface area (Å²) in [6.07, 6.45) is 2.13. The molecule has 0 unspecified atom stereocenters. The van der Waals surface area contributed by atoms with Crippen molar-refractivity contribution in [3.05, 3.63) is 34.9 Å². The lowest BCUT2D eigenvalue weighted by Crippen LogP contribution is -2.38. The Kier molecular flexibility index (Phi) is 5.20. The van der Waals surface area contributed by atoms with E-state index in [0.29, 0.717) is 5.56 Å². The summed E-state index contributed by atoms with van der Waals surface area (Å²) in [5, 5.41) is 5.96. The van der Waals surface area contributed by atoms with E-state index in [1.807, 2.05) is 23.1 Å². The van der Waals surface area contributed by atoms with Crippen LogP contribution in [0.25, 0.3) is 0 Å². The molecule has 5 nitrogen and oxygen atoms in total. The Morgan fingerprint density at radius 2 is 1.86 bits per heavy atom. The van der Waals surface area contributed by atoms with E-state index in [4.69, 9.17) is 0 Å². The lowest BCUT2D eigenvalue weighted by atomic mass is 10.1. The molecule has 1 fully saturated rings. The first-order valence-electron chi connectivity index (χ1n) is 7.12. The van der Waals surface area contributed by atoms with Crippen LogP contribution in [0, 0.1) is 0 Å². The van der Waals surface area contributed by atoms with Crippen molar-refractivity contribution in [3.63, 3.8) is 0 Å². The smallest absolute Gasteiger partial charge is 0.251 e. The van der Waals surface area contributed by atoms with Crippen molar-refractivity contribution in [3.8, 4) is 0 Å². The molecule has 0 aromatic heterocycles. The molecule has 6 heteroatoms. The highest BCUT2D eigenvalue weighted by Gasteiger charge is 2.19. The number of carbonyl (C=O) groups is 2. The minimum atomic E-state index is -0.174. The zero-order chi connectivity index (χ0) is 13.9. The number of carbonyl (C=O) groups excluding carboxylic acids is 2. The first kappa shape index (κ1) is 15.8. The molecule has 1 aromatic carbocycles. The van der Waals surface area contributed by atoms with Crippen LogP contribution in [-0.2, 0) is 17.9 Å². The Hall–Kier alpha value is -1.59. The van der Waals surface area contributed by atoms with Crippen molar-refractivity contribution < 1.29 is 9.59 Å². The Labute approximate surface area is 130 Å². The third-order valence-corrected chi connectivity index (χ3v) is 3.96. The van der Waals surface area contributed by atoms with Crippen LogP contribution >= 0.6 is 12.4 Å². The maximum Gasteiger partial charge on any atom is 0.251 e. The molecule has 21 heavy (non-hydrogen) atoms. The molecule has 0 bridgehead atoms. The van der Waals surface area contributed by atoms with Crippen LogP contribution in [0.4, 0.5) is 0 Å². The molecule has 2 aliphatic heterocycles. The van der Waals surface area contributed by atoms with Gasteiger partial charge in [-0.15, -0.1) is 12.4 Å². The van der Waals surface area contributed by atoms with Gasteiger partial charge in [-0.05, 0) is 36.1 Å². The van der Waals surface area contributed by atoms with Gasteiger partial charge in [0.15, 0.2) is 0 Å². The Balaban J connectivity index is 0.00000161.